The minimum atomic E-state index is -0.702. The number of halogens is 4. The molecular weight excluding hydrogens is 921 g/mol. The molecule has 0 N–H and O–H groups in total. The van der Waals surface area contributed by atoms with Gasteiger partial charge in [0.25, 0.3) is 0 Å². The number of benzene rings is 10. The Morgan fingerprint density at radius 1 is 0.311 bits per heavy atom. The number of anilines is 6. The summed E-state index contributed by atoms with van der Waals surface area (Å²) in [6.07, 6.45) is 0. The zero-order chi connectivity index (χ0) is 51.5. The van der Waals surface area contributed by atoms with Gasteiger partial charge in [0.2, 0.25) is 0 Å². The molecule has 2 aliphatic carbocycles. The Kier molecular flexibility index (Phi) is 10.9. The second kappa shape index (κ2) is 17.2. The minimum Gasteiger partial charge on any atom is -0.310 e. The van der Waals surface area contributed by atoms with E-state index >= 15 is 17.6 Å². The van der Waals surface area contributed by atoms with E-state index in [0.717, 1.165) is 124 Å². The van der Waals surface area contributed by atoms with Crippen molar-refractivity contribution in [2.75, 3.05) is 9.80 Å². The molecule has 0 saturated carbocycles. The molecule has 2 nitrogen and oxygen atoms in total. The predicted molar refractivity (Wildman–Crippen MR) is 298 cm³/mol. The van der Waals surface area contributed by atoms with Gasteiger partial charge in [0.15, 0.2) is 0 Å². The maximum Gasteiger partial charge on any atom is 0.126 e. The Balaban J connectivity index is 1.16. The molecule has 364 valence electrons. The minimum absolute atomic E-state index is 0.373. The lowest BCUT2D eigenvalue weighted by molar-refractivity contribution is 0.583. The molecule has 74 heavy (non-hydrogen) atoms. The van der Waals surface area contributed by atoms with Gasteiger partial charge in [-0.05, 0) is 212 Å². The van der Waals surface area contributed by atoms with Crippen molar-refractivity contribution >= 4 is 44.9 Å². The predicted octanol–water partition coefficient (Wildman–Crippen LogP) is 19.5. The summed E-state index contributed by atoms with van der Waals surface area (Å²) in [4.78, 5) is 4.60. The van der Waals surface area contributed by atoms with Crippen molar-refractivity contribution < 1.29 is 17.6 Å². The Morgan fingerprint density at radius 3 is 0.905 bits per heavy atom. The molecule has 0 radical (unpaired) electrons. The van der Waals surface area contributed by atoms with Gasteiger partial charge in [-0.3, -0.25) is 0 Å². The Morgan fingerprint density at radius 2 is 0.608 bits per heavy atom. The summed E-state index contributed by atoms with van der Waals surface area (Å²) in [5.74, 6) is -2.81. The van der Waals surface area contributed by atoms with Crippen molar-refractivity contribution in [3.05, 3.63) is 250 Å². The van der Waals surface area contributed by atoms with Crippen molar-refractivity contribution in [2.45, 2.75) is 66.2 Å². The Bertz CT molecular complexity index is 3590. The fraction of sp³-hybridized carbons (Fsp3) is 0.147. The Labute approximate surface area is 430 Å². The van der Waals surface area contributed by atoms with Gasteiger partial charge in [-0.25, -0.2) is 17.6 Å². The van der Waals surface area contributed by atoms with Gasteiger partial charge in [0, 0.05) is 57.1 Å². The van der Waals surface area contributed by atoms with E-state index in [2.05, 4.69) is 187 Å². The molecule has 0 unspecified atom stereocenters. The number of hydrogen-bond donors (Lipinski definition) is 0. The highest BCUT2D eigenvalue weighted by molar-refractivity contribution is 6.17. The van der Waals surface area contributed by atoms with E-state index in [0.29, 0.717) is 22.3 Å². The molecule has 0 amide bonds. The number of fused-ring (bicyclic) bond motifs is 7. The first-order valence-electron chi connectivity index (χ1n) is 25.3. The van der Waals surface area contributed by atoms with Gasteiger partial charge in [0.05, 0.1) is 0 Å². The molecule has 0 saturated heterocycles. The average molecular weight is 975 g/mol. The molecule has 0 heterocycles. The monoisotopic (exact) mass is 974 g/mol. The van der Waals surface area contributed by atoms with Crippen LogP contribution in [0.25, 0.3) is 55.3 Å². The number of hydrogen-bond acceptors (Lipinski definition) is 2. The topological polar surface area (TPSA) is 6.48 Å². The van der Waals surface area contributed by atoms with Crippen LogP contribution in [0.4, 0.5) is 51.7 Å². The molecule has 12 rings (SSSR count). The summed E-state index contributed by atoms with van der Waals surface area (Å²) in [7, 11) is 0. The van der Waals surface area contributed by atoms with E-state index in [1.807, 2.05) is 24.3 Å². The molecule has 0 fully saturated rings. The number of aryl methyl sites for hydroxylation is 4. The molecule has 6 heteroatoms. The van der Waals surface area contributed by atoms with E-state index in [9.17, 15) is 0 Å². The highest BCUT2D eigenvalue weighted by atomic mass is 19.1. The van der Waals surface area contributed by atoms with Crippen LogP contribution in [0.15, 0.2) is 182 Å². The van der Waals surface area contributed by atoms with Crippen LogP contribution in [-0.2, 0) is 10.8 Å². The number of rotatable bonds is 8. The summed E-state index contributed by atoms with van der Waals surface area (Å²) in [6, 6.07) is 58.3. The summed E-state index contributed by atoms with van der Waals surface area (Å²) in [6.45, 7) is 17.2. The molecular formula is C68H54F4N2. The highest BCUT2D eigenvalue weighted by Crippen LogP contribution is 2.61. The third-order valence-electron chi connectivity index (χ3n) is 15.9. The molecule has 0 bridgehead atoms. The summed E-state index contributed by atoms with van der Waals surface area (Å²) < 4.78 is 63.5. The van der Waals surface area contributed by atoms with Crippen LogP contribution < -0.4 is 9.80 Å². The molecule has 0 aromatic heterocycles. The van der Waals surface area contributed by atoms with Crippen molar-refractivity contribution in [3.8, 4) is 44.5 Å². The van der Waals surface area contributed by atoms with Crippen molar-refractivity contribution in [2.24, 2.45) is 0 Å². The van der Waals surface area contributed by atoms with Crippen molar-refractivity contribution in [1.29, 1.82) is 0 Å². The lowest BCUT2D eigenvalue weighted by Crippen LogP contribution is -2.18. The van der Waals surface area contributed by atoms with E-state index in [-0.39, 0.29) is 0 Å². The second-order valence-electron chi connectivity index (χ2n) is 21.3. The fourth-order valence-corrected chi connectivity index (χ4v) is 12.3. The molecule has 0 atom stereocenters. The summed E-state index contributed by atoms with van der Waals surface area (Å²) in [5.41, 5.74) is 18.9. The molecule has 10 aromatic carbocycles. The van der Waals surface area contributed by atoms with E-state index in [4.69, 9.17) is 0 Å². The number of nitrogens with zero attached hydrogens (tertiary/aromatic N) is 2. The maximum absolute atomic E-state index is 15.9. The Hall–Kier alpha value is -8.22. The van der Waals surface area contributed by atoms with Gasteiger partial charge in [-0.1, -0.05) is 113 Å². The van der Waals surface area contributed by atoms with Crippen LogP contribution in [0.3, 0.4) is 0 Å². The zero-order valence-electron chi connectivity index (χ0n) is 42.7. The normalized spacial score (nSPS) is 13.6. The molecule has 0 aliphatic heterocycles. The standard InChI is InChI=1S/C68H54F4N2/c1-39-17-9-13-21-59(39)73(60-22-14-10-18-40(60)2)49-25-27-51-55(35-49)67(5,6)57-37-53-54(63(65(51)57)43-29-45(69)33-46(70)30-43)38-58-66(64(53)44-31-47(71)34-48(72)32-44)52-28-26-50(36-56(52)68(58,7)8)74(61-23-15-11-19-41(61)3)62-24-16-12-20-42(62)4/h9-38H,1-8H3. The van der Waals surface area contributed by atoms with Gasteiger partial charge in [-0.15, -0.1) is 0 Å². The lowest BCUT2D eigenvalue weighted by Gasteiger charge is -2.30. The third-order valence-corrected chi connectivity index (χ3v) is 15.9. The van der Waals surface area contributed by atoms with E-state index in [1.165, 1.54) is 24.3 Å². The second-order valence-corrected chi connectivity index (χ2v) is 21.3. The van der Waals surface area contributed by atoms with Crippen molar-refractivity contribution in [1.82, 2.24) is 0 Å². The van der Waals surface area contributed by atoms with Crippen LogP contribution in [-0.4, -0.2) is 0 Å². The maximum atomic E-state index is 15.9. The first kappa shape index (κ1) is 46.8. The van der Waals surface area contributed by atoms with E-state index in [1.54, 1.807) is 0 Å². The average Bonchev–Trinajstić information content (AvgIpc) is 3.73. The fourth-order valence-electron chi connectivity index (χ4n) is 12.3. The van der Waals surface area contributed by atoms with Gasteiger partial charge in [0.1, 0.15) is 23.3 Å². The molecule has 0 spiro atoms. The van der Waals surface area contributed by atoms with Crippen LogP contribution in [0, 0.1) is 51.0 Å². The van der Waals surface area contributed by atoms with Gasteiger partial charge in [-0.2, -0.15) is 0 Å². The molecule has 2 aliphatic rings. The third kappa shape index (κ3) is 7.28. The quantitative estimate of drug-likeness (QED) is 0.140. The zero-order valence-corrected chi connectivity index (χ0v) is 42.7. The summed E-state index contributed by atoms with van der Waals surface area (Å²) >= 11 is 0. The first-order chi connectivity index (χ1) is 35.5. The van der Waals surface area contributed by atoms with Gasteiger partial charge < -0.3 is 9.80 Å². The van der Waals surface area contributed by atoms with E-state index < -0.39 is 34.1 Å². The van der Waals surface area contributed by atoms with Crippen LogP contribution in [0.1, 0.15) is 72.2 Å². The highest BCUT2D eigenvalue weighted by Gasteiger charge is 2.43. The largest absolute Gasteiger partial charge is 0.310 e. The SMILES string of the molecule is Cc1ccccc1N(c1ccc2c(c1)C(C)(C)c1cc3c(-c4cc(F)cc(F)c4)c4c(cc3c(-c3cc(F)cc(F)c3)c1-2)C(C)(C)c1cc(N(c2ccccc2C)c2ccccc2C)ccc1-4)c1ccccc1C. The van der Waals surface area contributed by atoms with Crippen LogP contribution >= 0.6 is 0 Å². The van der Waals surface area contributed by atoms with Crippen LogP contribution in [0.2, 0.25) is 0 Å². The first-order valence-corrected chi connectivity index (χ1v) is 25.3. The smallest absolute Gasteiger partial charge is 0.126 e. The molecule has 10 aromatic rings. The van der Waals surface area contributed by atoms with Crippen LogP contribution in [0.5, 0.6) is 0 Å². The summed E-state index contributed by atoms with van der Waals surface area (Å²) in [5, 5.41) is 1.45. The van der Waals surface area contributed by atoms with Crippen molar-refractivity contribution in [3.63, 3.8) is 0 Å². The number of para-hydroxylation sites is 4. The van der Waals surface area contributed by atoms with Gasteiger partial charge >= 0.3 is 0 Å². The lowest BCUT2D eigenvalue weighted by atomic mass is 9.76.